The summed E-state index contributed by atoms with van der Waals surface area (Å²) in [6.45, 7) is 3.45. The van der Waals surface area contributed by atoms with E-state index in [-0.39, 0.29) is 16.8 Å². The molecule has 0 radical (unpaired) electrons. The Morgan fingerprint density at radius 1 is 1.00 bits per heavy atom. The minimum absolute atomic E-state index is 0.187. The predicted molar refractivity (Wildman–Crippen MR) is 134 cm³/mol. The summed E-state index contributed by atoms with van der Waals surface area (Å²) >= 11 is 0. The first-order valence-electron chi connectivity index (χ1n) is 11.1. The van der Waals surface area contributed by atoms with Crippen LogP contribution in [0.25, 0.3) is 27.8 Å². The maximum Gasteiger partial charge on any atom is 0.290 e. The molecule has 0 saturated heterocycles. The normalized spacial score (nSPS) is 11.1. The van der Waals surface area contributed by atoms with Crippen LogP contribution >= 0.6 is 0 Å². The summed E-state index contributed by atoms with van der Waals surface area (Å²) in [5.41, 5.74) is 9.53. The molecule has 2 amide bonds. The Morgan fingerprint density at radius 2 is 1.72 bits per heavy atom. The van der Waals surface area contributed by atoms with E-state index in [1.54, 1.807) is 43.6 Å². The molecule has 0 saturated carbocycles. The van der Waals surface area contributed by atoms with Gasteiger partial charge in [0, 0.05) is 30.1 Å². The Morgan fingerprint density at radius 3 is 2.39 bits per heavy atom. The molecule has 10 nitrogen and oxygen atoms in total. The van der Waals surface area contributed by atoms with Crippen molar-refractivity contribution >= 4 is 23.0 Å². The molecule has 0 unspecified atom stereocenters. The van der Waals surface area contributed by atoms with Crippen LogP contribution in [0.5, 0.6) is 0 Å². The van der Waals surface area contributed by atoms with Crippen LogP contribution in [0.3, 0.4) is 0 Å². The molecule has 0 bridgehead atoms. The molecule has 0 atom stereocenters. The standard InChI is InChI=1S/C26H22N6O4/c1-14-22(26(35)31(3)36-14)17-9-7-16(8-10-17)19-12-21-23(28-15(2)30-32(21)13-19)25(34)29-20-6-4-5-18(11-20)24(27)33/h4-13H,1-3H3,(H2,27,33)(H,29,34). The number of hydrogen-bond donors (Lipinski definition) is 2. The third kappa shape index (κ3) is 4.05. The number of primary amides is 1. The van der Waals surface area contributed by atoms with Crippen molar-refractivity contribution < 1.29 is 14.1 Å². The largest absolute Gasteiger partial charge is 0.381 e. The Bertz CT molecular complexity index is 1710. The molecular weight excluding hydrogens is 460 g/mol. The first-order chi connectivity index (χ1) is 17.2. The predicted octanol–water partition coefficient (Wildman–Crippen LogP) is 3.32. The highest BCUT2D eigenvalue weighted by molar-refractivity contribution is 6.08. The highest BCUT2D eigenvalue weighted by atomic mass is 16.5. The lowest BCUT2D eigenvalue weighted by atomic mass is 10.0. The second-order valence-electron chi connectivity index (χ2n) is 8.37. The van der Waals surface area contributed by atoms with Crippen molar-refractivity contribution in [3.8, 4) is 22.3 Å². The number of aromatic nitrogens is 4. The molecule has 0 aliphatic rings. The van der Waals surface area contributed by atoms with Crippen molar-refractivity contribution in [2.75, 3.05) is 5.32 Å². The van der Waals surface area contributed by atoms with Gasteiger partial charge in [0.15, 0.2) is 5.69 Å². The third-order valence-corrected chi connectivity index (χ3v) is 5.82. The van der Waals surface area contributed by atoms with Gasteiger partial charge in [0.05, 0.1) is 11.1 Å². The fourth-order valence-electron chi connectivity index (χ4n) is 4.13. The summed E-state index contributed by atoms with van der Waals surface area (Å²) in [4.78, 5) is 41.3. The first kappa shape index (κ1) is 22.8. The van der Waals surface area contributed by atoms with Gasteiger partial charge < -0.3 is 15.6 Å². The van der Waals surface area contributed by atoms with Gasteiger partial charge in [-0.2, -0.15) is 9.84 Å². The summed E-state index contributed by atoms with van der Waals surface area (Å²) in [5.74, 6) is -0.0646. The van der Waals surface area contributed by atoms with Crippen LogP contribution in [-0.4, -0.2) is 31.2 Å². The first-order valence-corrected chi connectivity index (χ1v) is 11.1. The Labute approximate surface area is 205 Å². The van der Waals surface area contributed by atoms with E-state index < -0.39 is 11.8 Å². The highest BCUT2D eigenvalue weighted by Crippen LogP contribution is 2.27. The van der Waals surface area contributed by atoms with Crippen LogP contribution in [0.2, 0.25) is 0 Å². The van der Waals surface area contributed by atoms with Crippen molar-refractivity contribution in [2.45, 2.75) is 13.8 Å². The van der Waals surface area contributed by atoms with Gasteiger partial charge in [0.25, 0.3) is 11.5 Å². The molecule has 5 aromatic rings. The number of aryl methyl sites for hydroxylation is 3. The number of anilines is 1. The molecule has 0 fully saturated rings. The Balaban J connectivity index is 1.49. The fraction of sp³-hybridized carbons (Fsp3) is 0.115. The van der Waals surface area contributed by atoms with Crippen molar-refractivity contribution in [1.82, 2.24) is 19.3 Å². The van der Waals surface area contributed by atoms with Gasteiger partial charge >= 0.3 is 0 Å². The lowest BCUT2D eigenvalue weighted by Gasteiger charge is -2.07. The van der Waals surface area contributed by atoms with E-state index in [2.05, 4.69) is 15.4 Å². The van der Waals surface area contributed by atoms with Crippen LogP contribution in [0, 0.1) is 13.8 Å². The van der Waals surface area contributed by atoms with Crippen molar-refractivity contribution in [3.05, 3.63) is 94.0 Å². The number of nitrogens with two attached hydrogens (primary N) is 1. The maximum atomic E-state index is 13.1. The zero-order valence-electron chi connectivity index (χ0n) is 19.8. The van der Waals surface area contributed by atoms with Gasteiger partial charge in [-0.15, -0.1) is 0 Å². The van der Waals surface area contributed by atoms with E-state index in [1.165, 1.54) is 10.8 Å². The minimum Gasteiger partial charge on any atom is -0.381 e. The quantitative estimate of drug-likeness (QED) is 0.394. The minimum atomic E-state index is -0.586. The number of rotatable bonds is 5. The van der Waals surface area contributed by atoms with Crippen molar-refractivity contribution in [2.24, 2.45) is 12.8 Å². The van der Waals surface area contributed by atoms with Crippen LogP contribution < -0.4 is 16.6 Å². The maximum absolute atomic E-state index is 13.1. The van der Waals surface area contributed by atoms with Crippen LogP contribution in [0.1, 0.15) is 32.4 Å². The number of benzene rings is 2. The fourth-order valence-corrected chi connectivity index (χ4v) is 4.13. The van der Waals surface area contributed by atoms with E-state index in [0.29, 0.717) is 28.4 Å². The summed E-state index contributed by atoms with van der Waals surface area (Å²) in [6.07, 6.45) is 1.81. The smallest absolute Gasteiger partial charge is 0.290 e. The second kappa shape index (κ2) is 8.66. The van der Waals surface area contributed by atoms with Gasteiger partial charge in [-0.3, -0.25) is 14.4 Å². The Kier molecular flexibility index (Phi) is 5.48. The number of fused-ring (bicyclic) bond motifs is 1. The molecule has 2 aromatic carbocycles. The lowest BCUT2D eigenvalue weighted by Crippen LogP contribution is -2.17. The molecule has 0 aliphatic heterocycles. The molecule has 3 aromatic heterocycles. The second-order valence-corrected chi connectivity index (χ2v) is 8.37. The van der Waals surface area contributed by atoms with E-state index >= 15 is 0 Å². The van der Waals surface area contributed by atoms with Crippen LogP contribution in [0.4, 0.5) is 5.69 Å². The van der Waals surface area contributed by atoms with Gasteiger partial charge in [0.2, 0.25) is 5.91 Å². The zero-order chi connectivity index (χ0) is 25.6. The number of amides is 2. The van der Waals surface area contributed by atoms with Crippen molar-refractivity contribution in [1.29, 1.82) is 0 Å². The molecule has 36 heavy (non-hydrogen) atoms. The van der Waals surface area contributed by atoms with E-state index in [4.69, 9.17) is 10.3 Å². The van der Waals surface area contributed by atoms with E-state index in [0.717, 1.165) is 16.7 Å². The van der Waals surface area contributed by atoms with Gasteiger partial charge in [-0.25, -0.2) is 9.50 Å². The average Bonchev–Trinajstić information content (AvgIpc) is 3.38. The summed E-state index contributed by atoms with van der Waals surface area (Å²) in [7, 11) is 1.57. The molecule has 0 spiro atoms. The van der Waals surface area contributed by atoms with Gasteiger partial charge in [0.1, 0.15) is 11.6 Å². The van der Waals surface area contributed by atoms with Crippen LogP contribution in [-0.2, 0) is 7.05 Å². The lowest BCUT2D eigenvalue weighted by molar-refractivity contribution is 0.0995. The summed E-state index contributed by atoms with van der Waals surface area (Å²) in [6, 6.07) is 15.7. The van der Waals surface area contributed by atoms with E-state index in [1.807, 2.05) is 36.5 Å². The SMILES string of the molecule is Cc1nc(C(=O)Nc2cccc(C(N)=O)c2)c2cc(-c3ccc(-c4c(C)on(C)c4=O)cc3)cn2n1. The van der Waals surface area contributed by atoms with Crippen LogP contribution in [0.15, 0.2) is 70.1 Å². The highest BCUT2D eigenvalue weighted by Gasteiger charge is 2.18. The molecule has 3 heterocycles. The topological polar surface area (TPSA) is 138 Å². The monoisotopic (exact) mass is 482 g/mol. The zero-order valence-corrected chi connectivity index (χ0v) is 19.8. The molecular formula is C26H22N6O4. The Hall–Kier alpha value is -4.99. The van der Waals surface area contributed by atoms with Gasteiger partial charge in [-0.05, 0) is 49.2 Å². The van der Waals surface area contributed by atoms with E-state index in [9.17, 15) is 14.4 Å². The number of carbonyl (C=O) groups excluding carboxylic acids is 2. The number of nitrogens with one attached hydrogen (secondary N) is 1. The molecule has 0 aliphatic carbocycles. The number of carbonyl (C=O) groups is 2. The molecule has 5 rings (SSSR count). The summed E-state index contributed by atoms with van der Waals surface area (Å²) in [5, 5.41) is 7.18. The summed E-state index contributed by atoms with van der Waals surface area (Å²) < 4.78 is 8.20. The number of hydrogen-bond acceptors (Lipinski definition) is 6. The molecule has 3 N–H and O–H groups in total. The molecule has 180 valence electrons. The molecule has 10 heteroatoms. The third-order valence-electron chi connectivity index (χ3n) is 5.82. The number of nitrogens with zero attached hydrogens (tertiary/aromatic N) is 4. The average molecular weight is 483 g/mol. The van der Waals surface area contributed by atoms with Crippen molar-refractivity contribution in [3.63, 3.8) is 0 Å². The van der Waals surface area contributed by atoms with Gasteiger partial charge in [-0.1, -0.05) is 30.3 Å².